The van der Waals surface area contributed by atoms with Gasteiger partial charge >= 0.3 is 6.03 Å². The fraction of sp³-hybridized carbons (Fsp3) is 0.0870. The smallest absolute Gasteiger partial charge is 0.323 e. The van der Waals surface area contributed by atoms with Crippen molar-refractivity contribution in [3.8, 4) is 23.1 Å². The molecule has 4 rings (SSSR count). The molecule has 9 heteroatoms. The monoisotopic (exact) mass is 434 g/mol. The number of ether oxygens (including phenoxy) is 3. The van der Waals surface area contributed by atoms with Crippen molar-refractivity contribution < 1.29 is 23.4 Å². The summed E-state index contributed by atoms with van der Waals surface area (Å²) in [6.45, 7) is 0. The number of rotatable bonds is 6. The number of carbonyl (C=O) groups excluding carboxylic acids is 1. The summed E-state index contributed by atoms with van der Waals surface area (Å²) >= 11 is 0. The Morgan fingerprint density at radius 1 is 0.844 bits per heavy atom. The van der Waals surface area contributed by atoms with Crippen LogP contribution in [0.15, 0.2) is 66.9 Å². The van der Waals surface area contributed by atoms with Gasteiger partial charge in [0, 0.05) is 23.5 Å². The molecule has 4 aromatic rings. The Morgan fingerprint density at radius 3 is 2.28 bits per heavy atom. The molecular formula is C23H19FN4O4. The minimum atomic E-state index is -0.635. The highest BCUT2D eigenvalue weighted by molar-refractivity contribution is 5.99. The predicted molar refractivity (Wildman–Crippen MR) is 118 cm³/mol. The van der Waals surface area contributed by atoms with Crippen molar-refractivity contribution in [2.24, 2.45) is 0 Å². The van der Waals surface area contributed by atoms with Gasteiger partial charge in [0.25, 0.3) is 0 Å². The number of hydrogen-bond donors (Lipinski definition) is 2. The number of aromatic nitrogens is 2. The Morgan fingerprint density at radius 2 is 1.56 bits per heavy atom. The topological polar surface area (TPSA) is 94.6 Å². The van der Waals surface area contributed by atoms with Gasteiger partial charge in [-0.25, -0.2) is 19.2 Å². The highest BCUT2D eigenvalue weighted by atomic mass is 19.1. The highest BCUT2D eigenvalue weighted by Crippen LogP contribution is 2.29. The Hall–Kier alpha value is -4.40. The number of anilines is 2. The molecule has 1 aromatic heterocycles. The van der Waals surface area contributed by atoms with Gasteiger partial charge in [-0.15, -0.1) is 0 Å². The number of benzene rings is 3. The van der Waals surface area contributed by atoms with Gasteiger partial charge < -0.3 is 24.8 Å². The van der Waals surface area contributed by atoms with E-state index in [-0.39, 0.29) is 11.4 Å². The molecule has 0 radical (unpaired) electrons. The second-order valence-corrected chi connectivity index (χ2v) is 6.62. The van der Waals surface area contributed by atoms with Crippen LogP contribution < -0.4 is 24.8 Å². The van der Waals surface area contributed by atoms with Gasteiger partial charge in [-0.3, -0.25) is 0 Å². The number of carbonyl (C=O) groups is 1. The number of methoxy groups -OCH3 is 2. The van der Waals surface area contributed by atoms with E-state index in [4.69, 9.17) is 14.2 Å². The first-order chi connectivity index (χ1) is 15.5. The van der Waals surface area contributed by atoms with Crippen LogP contribution in [0.1, 0.15) is 0 Å². The van der Waals surface area contributed by atoms with Crippen LogP contribution in [0.25, 0.3) is 11.0 Å². The van der Waals surface area contributed by atoms with Crippen molar-refractivity contribution in [2.45, 2.75) is 0 Å². The van der Waals surface area contributed by atoms with E-state index in [9.17, 15) is 9.18 Å². The number of fused-ring (bicyclic) bond motifs is 1. The third-order valence-electron chi connectivity index (χ3n) is 4.47. The van der Waals surface area contributed by atoms with Gasteiger partial charge in [0.2, 0.25) is 5.88 Å². The third-order valence-corrected chi connectivity index (χ3v) is 4.47. The normalized spacial score (nSPS) is 10.5. The lowest BCUT2D eigenvalue weighted by Gasteiger charge is -2.11. The van der Waals surface area contributed by atoms with Crippen molar-refractivity contribution in [1.82, 2.24) is 9.97 Å². The number of hydrogen-bond acceptors (Lipinski definition) is 6. The second kappa shape index (κ2) is 9.17. The van der Waals surface area contributed by atoms with Crippen LogP contribution in [0.3, 0.4) is 0 Å². The number of urea groups is 1. The number of nitrogens with zero attached hydrogens (tertiary/aromatic N) is 2. The molecule has 1 heterocycles. The van der Waals surface area contributed by atoms with E-state index in [1.807, 2.05) is 0 Å². The third kappa shape index (κ3) is 4.84. The minimum absolute atomic E-state index is 0.00122. The van der Waals surface area contributed by atoms with Crippen LogP contribution in [0.2, 0.25) is 0 Å². The largest absolute Gasteiger partial charge is 0.497 e. The molecule has 2 N–H and O–H groups in total. The van der Waals surface area contributed by atoms with Crippen LogP contribution in [0.5, 0.6) is 23.1 Å². The fourth-order valence-electron chi connectivity index (χ4n) is 2.89. The Balaban J connectivity index is 1.43. The SMILES string of the molecule is COc1ccc(NC(=O)Nc2ccc(Oc3ccc4ncc(OC)nc4c3)c(F)c2)cc1. The summed E-state index contributed by atoms with van der Waals surface area (Å²) in [6, 6.07) is 15.5. The van der Waals surface area contributed by atoms with Crippen LogP contribution in [0.4, 0.5) is 20.6 Å². The molecule has 0 saturated carbocycles. The molecule has 0 unspecified atom stereocenters. The van der Waals surface area contributed by atoms with E-state index < -0.39 is 11.8 Å². The first kappa shape index (κ1) is 20.9. The van der Waals surface area contributed by atoms with Crippen LogP contribution in [-0.2, 0) is 0 Å². The average molecular weight is 434 g/mol. The quantitative estimate of drug-likeness (QED) is 0.432. The predicted octanol–water partition coefficient (Wildman–Crippen LogP) is 5.22. The Bertz CT molecular complexity index is 1260. The maximum Gasteiger partial charge on any atom is 0.323 e. The number of nitrogens with one attached hydrogen (secondary N) is 2. The van der Waals surface area contributed by atoms with Crippen molar-refractivity contribution in [3.05, 3.63) is 72.7 Å². The molecular weight excluding hydrogens is 415 g/mol. The maximum atomic E-state index is 14.6. The van der Waals surface area contributed by atoms with Crippen LogP contribution >= 0.6 is 0 Å². The summed E-state index contributed by atoms with van der Waals surface area (Å²) in [6.07, 6.45) is 1.51. The molecule has 0 saturated heterocycles. The van der Waals surface area contributed by atoms with E-state index in [0.717, 1.165) is 0 Å². The summed E-state index contributed by atoms with van der Waals surface area (Å²) in [5.41, 5.74) is 2.05. The number of halogens is 1. The molecule has 0 aliphatic rings. The molecule has 2 amide bonds. The lowest BCUT2D eigenvalue weighted by atomic mass is 10.2. The van der Waals surface area contributed by atoms with Gasteiger partial charge in [0.15, 0.2) is 11.6 Å². The lowest BCUT2D eigenvalue weighted by Crippen LogP contribution is -2.19. The van der Waals surface area contributed by atoms with Crippen molar-refractivity contribution in [1.29, 1.82) is 0 Å². The number of amides is 2. The Kier molecular flexibility index (Phi) is 5.98. The van der Waals surface area contributed by atoms with Crippen molar-refractivity contribution >= 4 is 28.4 Å². The average Bonchev–Trinajstić information content (AvgIpc) is 2.80. The second-order valence-electron chi connectivity index (χ2n) is 6.62. The van der Waals surface area contributed by atoms with Gasteiger partial charge in [-0.2, -0.15) is 0 Å². The van der Waals surface area contributed by atoms with Gasteiger partial charge in [-0.05, 0) is 48.5 Å². The standard InChI is InChI=1S/C23H19FN4O4/c1-30-16-6-3-14(4-7-16)26-23(29)27-15-5-10-21(18(24)11-15)32-17-8-9-19-20(12-17)28-22(31-2)13-25-19/h3-13H,1-2H3,(H2,26,27,29). The molecule has 32 heavy (non-hydrogen) atoms. The zero-order chi connectivity index (χ0) is 22.5. The van der Waals surface area contributed by atoms with E-state index in [1.54, 1.807) is 49.6 Å². The van der Waals surface area contributed by atoms with E-state index in [1.165, 1.54) is 31.5 Å². The Labute approximate surface area is 183 Å². The van der Waals surface area contributed by atoms with Gasteiger partial charge in [0.05, 0.1) is 31.4 Å². The molecule has 162 valence electrons. The van der Waals surface area contributed by atoms with E-state index >= 15 is 0 Å². The lowest BCUT2D eigenvalue weighted by molar-refractivity contribution is 0.262. The zero-order valence-electron chi connectivity index (χ0n) is 17.3. The first-order valence-corrected chi connectivity index (χ1v) is 9.54. The zero-order valence-corrected chi connectivity index (χ0v) is 17.3. The van der Waals surface area contributed by atoms with Gasteiger partial charge in [-0.1, -0.05) is 0 Å². The van der Waals surface area contributed by atoms with Gasteiger partial charge in [0.1, 0.15) is 11.5 Å². The first-order valence-electron chi connectivity index (χ1n) is 9.54. The minimum Gasteiger partial charge on any atom is -0.497 e. The molecule has 0 atom stereocenters. The summed E-state index contributed by atoms with van der Waals surface area (Å²) in [4.78, 5) is 20.7. The van der Waals surface area contributed by atoms with Crippen LogP contribution in [0, 0.1) is 5.82 Å². The van der Waals surface area contributed by atoms with Crippen LogP contribution in [-0.4, -0.2) is 30.2 Å². The molecule has 0 aliphatic heterocycles. The maximum absolute atomic E-state index is 14.6. The highest BCUT2D eigenvalue weighted by Gasteiger charge is 2.10. The fourth-order valence-corrected chi connectivity index (χ4v) is 2.89. The summed E-state index contributed by atoms with van der Waals surface area (Å²) in [5.74, 6) is 0.790. The van der Waals surface area contributed by atoms with Crippen molar-refractivity contribution in [3.63, 3.8) is 0 Å². The molecule has 3 aromatic carbocycles. The molecule has 0 fully saturated rings. The summed E-state index contributed by atoms with van der Waals surface area (Å²) < 4.78 is 30.4. The molecule has 0 aliphatic carbocycles. The molecule has 8 nitrogen and oxygen atoms in total. The van der Waals surface area contributed by atoms with E-state index in [2.05, 4.69) is 20.6 Å². The molecule has 0 bridgehead atoms. The summed E-state index contributed by atoms with van der Waals surface area (Å²) in [5, 5.41) is 5.24. The van der Waals surface area contributed by atoms with Crippen molar-refractivity contribution in [2.75, 3.05) is 24.9 Å². The molecule has 0 spiro atoms. The summed E-state index contributed by atoms with van der Waals surface area (Å²) in [7, 11) is 3.06. The van der Waals surface area contributed by atoms with E-state index in [0.29, 0.717) is 34.1 Å².